The minimum absolute atomic E-state index is 0.0200. The van der Waals surface area contributed by atoms with Gasteiger partial charge in [0, 0.05) is 48.1 Å². The quantitative estimate of drug-likeness (QED) is 0.519. The number of carbonyl (C=O) groups is 1. The van der Waals surface area contributed by atoms with Gasteiger partial charge in [-0.3, -0.25) is 4.79 Å². The van der Waals surface area contributed by atoms with E-state index < -0.39 is 11.7 Å². The largest absolute Gasteiger partial charge is 0.417 e. The summed E-state index contributed by atoms with van der Waals surface area (Å²) in [6, 6.07) is 7.46. The minimum atomic E-state index is -4.59. The van der Waals surface area contributed by atoms with Gasteiger partial charge in [0.05, 0.1) is 17.0 Å². The Balaban J connectivity index is 1.40. The number of nitrogens with one attached hydrogen (secondary N) is 2. The highest BCUT2D eigenvalue weighted by Crippen LogP contribution is 2.44. The molecule has 0 atom stereocenters. The summed E-state index contributed by atoms with van der Waals surface area (Å²) in [6.45, 7) is 5.94. The molecule has 3 aliphatic rings. The van der Waals surface area contributed by atoms with Crippen LogP contribution in [0.15, 0.2) is 36.9 Å². The van der Waals surface area contributed by atoms with Crippen LogP contribution < -0.4 is 10.6 Å². The number of likely N-dealkylation sites (tertiary alicyclic amines) is 1. The molecule has 1 spiro atoms. The van der Waals surface area contributed by atoms with Gasteiger partial charge >= 0.3 is 6.18 Å². The van der Waals surface area contributed by atoms with Gasteiger partial charge in [-0.25, -0.2) is 4.98 Å². The average Bonchev–Trinajstić information content (AvgIpc) is 3.67. The summed E-state index contributed by atoms with van der Waals surface area (Å²) in [5.74, 6) is 0.124. The van der Waals surface area contributed by atoms with Gasteiger partial charge in [0.1, 0.15) is 0 Å². The van der Waals surface area contributed by atoms with Crippen LogP contribution in [0.25, 0.3) is 22.4 Å². The summed E-state index contributed by atoms with van der Waals surface area (Å²) >= 11 is 0. The van der Waals surface area contributed by atoms with Crippen LogP contribution in [0.5, 0.6) is 0 Å². The fourth-order valence-corrected chi connectivity index (χ4v) is 5.71. The summed E-state index contributed by atoms with van der Waals surface area (Å²) in [6.07, 6.45) is 5.05. The van der Waals surface area contributed by atoms with E-state index in [1.807, 2.05) is 12.1 Å². The molecule has 1 saturated heterocycles. The highest BCUT2D eigenvalue weighted by Gasteiger charge is 2.43. The number of fused-ring (bicyclic) bond motifs is 1. The Morgan fingerprint density at radius 3 is 2.56 bits per heavy atom. The first-order valence-electron chi connectivity index (χ1n) is 12.7. The third-order valence-electron chi connectivity index (χ3n) is 7.77. The highest BCUT2D eigenvalue weighted by atomic mass is 19.4. The van der Waals surface area contributed by atoms with Gasteiger partial charge in [-0.15, -0.1) is 0 Å². The Bertz CT molecular complexity index is 1190. The Morgan fingerprint density at radius 2 is 1.92 bits per heavy atom. The van der Waals surface area contributed by atoms with Crippen molar-refractivity contribution in [2.45, 2.75) is 50.7 Å². The molecule has 0 bridgehead atoms. The number of benzene rings is 1. The van der Waals surface area contributed by atoms with E-state index in [4.69, 9.17) is 0 Å². The molecule has 2 saturated carbocycles. The van der Waals surface area contributed by atoms with E-state index >= 15 is 0 Å². The van der Waals surface area contributed by atoms with Gasteiger partial charge in [-0.2, -0.15) is 13.2 Å². The van der Waals surface area contributed by atoms with Crippen molar-refractivity contribution in [1.82, 2.24) is 15.2 Å². The zero-order valence-electron chi connectivity index (χ0n) is 20.6. The van der Waals surface area contributed by atoms with E-state index in [9.17, 15) is 18.0 Å². The van der Waals surface area contributed by atoms with Crippen LogP contribution >= 0.6 is 0 Å². The number of halogens is 3. The van der Waals surface area contributed by atoms with Crippen LogP contribution in [-0.4, -0.2) is 54.7 Å². The molecule has 1 aromatic carbocycles. The lowest BCUT2D eigenvalue weighted by atomic mass is 9.67. The van der Waals surface area contributed by atoms with Crippen LogP contribution in [-0.2, 0) is 4.79 Å². The SMILES string of the molecule is C=C(c1nc(/C=C/CNC(=O)C2CC2)cc2c(NC3CCC4(CC3)CN(C)C4)cccc12)C(F)(F)F. The van der Waals surface area contributed by atoms with Crippen molar-refractivity contribution < 1.29 is 18.0 Å². The summed E-state index contributed by atoms with van der Waals surface area (Å²) in [5.41, 5.74) is 0.536. The third kappa shape index (κ3) is 5.28. The lowest BCUT2D eigenvalue weighted by molar-refractivity contribution is -0.122. The normalized spacial score (nSPS) is 20.6. The number of hydrogen-bond donors (Lipinski definition) is 2. The van der Waals surface area contributed by atoms with E-state index in [0.29, 0.717) is 28.4 Å². The fourth-order valence-electron chi connectivity index (χ4n) is 5.71. The summed E-state index contributed by atoms with van der Waals surface area (Å²) in [4.78, 5) is 18.5. The molecule has 1 amide bonds. The molecule has 192 valence electrons. The number of carbonyl (C=O) groups excluding carboxylic acids is 1. The zero-order valence-corrected chi connectivity index (χ0v) is 20.6. The highest BCUT2D eigenvalue weighted by molar-refractivity contribution is 6.00. The minimum Gasteiger partial charge on any atom is -0.382 e. The zero-order chi connectivity index (χ0) is 25.5. The summed E-state index contributed by atoms with van der Waals surface area (Å²) < 4.78 is 41.0. The van der Waals surface area contributed by atoms with Gasteiger partial charge in [-0.1, -0.05) is 24.8 Å². The summed E-state index contributed by atoms with van der Waals surface area (Å²) in [5, 5.41) is 7.57. The first kappa shape index (κ1) is 24.8. The number of aromatic nitrogens is 1. The average molecular weight is 499 g/mol. The van der Waals surface area contributed by atoms with Crippen molar-refractivity contribution in [3.05, 3.63) is 48.3 Å². The van der Waals surface area contributed by atoms with Crippen LogP contribution in [0.2, 0.25) is 0 Å². The Labute approximate surface area is 209 Å². The van der Waals surface area contributed by atoms with E-state index in [0.717, 1.165) is 57.3 Å². The second-order valence-corrected chi connectivity index (χ2v) is 10.8. The number of nitrogens with zero attached hydrogens (tertiary/aromatic N) is 2. The Morgan fingerprint density at radius 1 is 1.19 bits per heavy atom. The van der Waals surface area contributed by atoms with Crippen LogP contribution in [0.3, 0.4) is 0 Å². The maximum atomic E-state index is 13.7. The first-order valence-corrected chi connectivity index (χ1v) is 12.7. The van der Waals surface area contributed by atoms with Crippen LogP contribution in [0.4, 0.5) is 18.9 Å². The predicted octanol–water partition coefficient (Wildman–Crippen LogP) is 5.64. The number of alkyl halides is 3. The molecule has 5 nitrogen and oxygen atoms in total. The predicted molar refractivity (Wildman–Crippen MR) is 137 cm³/mol. The number of pyridine rings is 1. The smallest absolute Gasteiger partial charge is 0.382 e. The Hall–Kier alpha value is -2.87. The van der Waals surface area contributed by atoms with Gasteiger partial charge < -0.3 is 15.5 Å². The van der Waals surface area contributed by atoms with Crippen LogP contribution in [0.1, 0.15) is 49.9 Å². The molecule has 5 rings (SSSR count). The van der Waals surface area contributed by atoms with E-state index in [1.165, 1.54) is 0 Å². The molecule has 2 aromatic rings. The van der Waals surface area contributed by atoms with Gasteiger partial charge in [0.15, 0.2) is 0 Å². The van der Waals surface area contributed by atoms with Crippen molar-refractivity contribution in [2.24, 2.45) is 11.3 Å². The number of rotatable bonds is 7. The molecule has 36 heavy (non-hydrogen) atoms. The van der Waals surface area contributed by atoms with E-state index in [2.05, 4.69) is 34.1 Å². The standard InChI is InChI=1S/C28H33F3N4O/c1-18(28(29,30)31)25-22-6-3-7-24(33-20-10-12-27(13-11-20)16-35(2)17-27)23(22)15-21(34-25)5-4-14-32-26(36)19-8-9-19/h3-7,15,19-20,33H,1,8-14,16-17H2,2H3,(H,32,36)/b5-4+. The second kappa shape index (κ2) is 9.54. The van der Waals surface area contributed by atoms with Crippen molar-refractivity contribution in [3.63, 3.8) is 0 Å². The summed E-state index contributed by atoms with van der Waals surface area (Å²) in [7, 11) is 2.15. The number of allylic oxidation sites excluding steroid dienone is 1. The first-order chi connectivity index (χ1) is 17.1. The fraction of sp³-hybridized carbons (Fsp3) is 0.500. The van der Waals surface area contributed by atoms with Crippen molar-refractivity contribution >= 4 is 34.0 Å². The van der Waals surface area contributed by atoms with Crippen molar-refractivity contribution in [1.29, 1.82) is 0 Å². The topological polar surface area (TPSA) is 57.3 Å². The van der Waals surface area contributed by atoms with E-state index in [1.54, 1.807) is 24.3 Å². The maximum absolute atomic E-state index is 13.7. The molecule has 3 fully saturated rings. The number of hydrogen-bond acceptors (Lipinski definition) is 4. The molecule has 8 heteroatoms. The maximum Gasteiger partial charge on any atom is 0.417 e. The van der Waals surface area contributed by atoms with Gasteiger partial charge in [0.25, 0.3) is 0 Å². The molecule has 1 aliphatic heterocycles. The van der Waals surface area contributed by atoms with E-state index in [-0.39, 0.29) is 23.6 Å². The molecule has 0 unspecified atom stereocenters. The molecule has 2 heterocycles. The number of anilines is 1. The lowest BCUT2D eigenvalue weighted by Gasteiger charge is -2.52. The van der Waals surface area contributed by atoms with Gasteiger partial charge in [0.2, 0.25) is 5.91 Å². The molecular formula is C28H33F3N4O. The number of amides is 1. The molecule has 0 radical (unpaired) electrons. The molecule has 2 N–H and O–H groups in total. The van der Waals surface area contributed by atoms with Crippen LogP contribution in [0, 0.1) is 11.3 Å². The molecule has 1 aromatic heterocycles. The third-order valence-corrected chi connectivity index (χ3v) is 7.77. The lowest BCUT2D eigenvalue weighted by Crippen LogP contribution is -2.56. The Kier molecular flexibility index (Phi) is 6.57. The van der Waals surface area contributed by atoms with Gasteiger partial charge in [-0.05, 0) is 69.2 Å². The molecular weight excluding hydrogens is 465 g/mol. The monoisotopic (exact) mass is 498 g/mol. The van der Waals surface area contributed by atoms with Crippen molar-refractivity contribution in [3.8, 4) is 0 Å². The molecule has 2 aliphatic carbocycles. The second-order valence-electron chi connectivity index (χ2n) is 10.8. The van der Waals surface area contributed by atoms with Crippen molar-refractivity contribution in [2.75, 3.05) is 32.0 Å².